The number of hydrogen-bond acceptors (Lipinski definition) is 3. The summed E-state index contributed by atoms with van der Waals surface area (Å²) >= 11 is 0. The first kappa shape index (κ1) is 10.3. The molecule has 0 spiro atoms. The molecular weight excluding hydrogens is 212 g/mol. The number of ether oxygens (including phenoxy) is 1. The Bertz CT molecular complexity index is 333. The molecule has 0 aromatic carbocycles. The van der Waals surface area contributed by atoms with E-state index in [1.165, 1.54) is 0 Å². The molecule has 2 rings (SSSR count). The number of aliphatic carboxylic acids is 1. The van der Waals surface area contributed by atoms with Crippen LogP contribution in [0.4, 0.5) is 8.78 Å². The molecule has 2 aliphatic rings. The fraction of sp³-hybridized carbons (Fsp3) is 0.750. The molecule has 7 heteroatoms. The van der Waals surface area contributed by atoms with E-state index in [9.17, 15) is 18.4 Å². The van der Waals surface area contributed by atoms with Crippen LogP contribution in [0.25, 0.3) is 0 Å². The fourth-order valence-electron chi connectivity index (χ4n) is 1.89. The minimum absolute atomic E-state index is 0.383. The van der Waals surface area contributed by atoms with Crippen LogP contribution in [-0.4, -0.2) is 52.6 Å². The van der Waals surface area contributed by atoms with Gasteiger partial charge in [-0.1, -0.05) is 0 Å². The SMILES string of the molecule is CC(=O)N1C(C(=O)O)COC2C1C2(F)F. The average molecular weight is 221 g/mol. The standard InChI is InChI=1S/C8H9F2NO4/c1-3(12)11-4(7(13)14)2-15-6-5(11)8(6,9)10/h4-6H,2H2,1H3,(H,13,14). The van der Waals surface area contributed by atoms with Crippen LogP contribution in [0.15, 0.2) is 0 Å². The van der Waals surface area contributed by atoms with E-state index in [2.05, 4.69) is 0 Å². The monoisotopic (exact) mass is 221 g/mol. The van der Waals surface area contributed by atoms with Crippen LogP contribution in [0.2, 0.25) is 0 Å². The largest absolute Gasteiger partial charge is 0.480 e. The molecule has 1 aliphatic heterocycles. The molecule has 0 aromatic heterocycles. The van der Waals surface area contributed by atoms with Crippen LogP contribution < -0.4 is 0 Å². The summed E-state index contributed by atoms with van der Waals surface area (Å²) in [6.45, 7) is 0.693. The number of halogens is 2. The highest BCUT2D eigenvalue weighted by atomic mass is 19.3. The predicted molar refractivity (Wildman–Crippen MR) is 42.4 cm³/mol. The molecule has 3 unspecified atom stereocenters. The Morgan fingerprint density at radius 1 is 1.53 bits per heavy atom. The van der Waals surface area contributed by atoms with E-state index in [0.717, 1.165) is 6.92 Å². The van der Waals surface area contributed by atoms with E-state index in [0.29, 0.717) is 4.90 Å². The smallest absolute Gasteiger partial charge is 0.328 e. The van der Waals surface area contributed by atoms with Crippen LogP contribution in [0.1, 0.15) is 6.92 Å². The number of rotatable bonds is 1. The summed E-state index contributed by atoms with van der Waals surface area (Å²) in [5.41, 5.74) is 0. The lowest BCUT2D eigenvalue weighted by molar-refractivity contribution is -0.157. The molecule has 1 saturated carbocycles. The van der Waals surface area contributed by atoms with Crippen molar-refractivity contribution in [1.29, 1.82) is 0 Å². The first-order valence-electron chi connectivity index (χ1n) is 4.38. The van der Waals surface area contributed by atoms with Crippen molar-refractivity contribution in [3.63, 3.8) is 0 Å². The van der Waals surface area contributed by atoms with Crippen molar-refractivity contribution < 1.29 is 28.2 Å². The number of carbonyl (C=O) groups excluding carboxylic acids is 1. The summed E-state index contributed by atoms with van der Waals surface area (Å²) in [4.78, 5) is 22.5. The van der Waals surface area contributed by atoms with Gasteiger partial charge in [0.15, 0.2) is 6.04 Å². The highest BCUT2D eigenvalue weighted by Gasteiger charge is 2.76. The summed E-state index contributed by atoms with van der Waals surface area (Å²) < 4.78 is 30.8. The van der Waals surface area contributed by atoms with E-state index in [-0.39, 0.29) is 6.61 Å². The Hall–Kier alpha value is -1.24. The van der Waals surface area contributed by atoms with Crippen molar-refractivity contribution in [3.8, 4) is 0 Å². The molecule has 5 nitrogen and oxygen atoms in total. The molecule has 0 radical (unpaired) electrons. The van der Waals surface area contributed by atoms with Gasteiger partial charge in [0, 0.05) is 6.92 Å². The van der Waals surface area contributed by atoms with Gasteiger partial charge in [0.2, 0.25) is 5.91 Å². The van der Waals surface area contributed by atoms with Crippen molar-refractivity contribution in [2.75, 3.05) is 6.61 Å². The van der Waals surface area contributed by atoms with Gasteiger partial charge < -0.3 is 14.7 Å². The molecule has 1 amide bonds. The van der Waals surface area contributed by atoms with Crippen molar-refractivity contribution in [3.05, 3.63) is 0 Å². The van der Waals surface area contributed by atoms with Gasteiger partial charge in [-0.15, -0.1) is 0 Å². The van der Waals surface area contributed by atoms with E-state index in [1.54, 1.807) is 0 Å². The van der Waals surface area contributed by atoms with Crippen LogP contribution in [0.3, 0.4) is 0 Å². The topological polar surface area (TPSA) is 66.8 Å². The third-order valence-corrected chi connectivity index (χ3v) is 2.67. The van der Waals surface area contributed by atoms with Crippen molar-refractivity contribution in [1.82, 2.24) is 4.90 Å². The summed E-state index contributed by atoms with van der Waals surface area (Å²) in [5.74, 6) is -5.11. The average Bonchev–Trinajstić information content (AvgIpc) is 2.68. The number of nitrogens with zero attached hydrogens (tertiary/aromatic N) is 1. The highest BCUT2D eigenvalue weighted by molar-refractivity contribution is 5.83. The zero-order chi connectivity index (χ0) is 11.4. The van der Waals surface area contributed by atoms with Gasteiger partial charge in [-0.25, -0.2) is 13.6 Å². The minimum atomic E-state index is -3.12. The Morgan fingerprint density at radius 2 is 2.13 bits per heavy atom. The molecule has 1 aliphatic carbocycles. The molecule has 2 fully saturated rings. The Morgan fingerprint density at radius 3 is 2.60 bits per heavy atom. The second kappa shape index (κ2) is 2.88. The zero-order valence-corrected chi connectivity index (χ0v) is 7.81. The van der Waals surface area contributed by atoms with Gasteiger partial charge in [-0.05, 0) is 0 Å². The summed E-state index contributed by atoms with van der Waals surface area (Å²) in [6, 6.07) is -2.72. The number of morpholine rings is 1. The van der Waals surface area contributed by atoms with Crippen molar-refractivity contribution >= 4 is 11.9 Å². The normalized spacial score (nSPS) is 37.0. The van der Waals surface area contributed by atoms with E-state index >= 15 is 0 Å². The number of hydrogen-bond donors (Lipinski definition) is 1. The maximum absolute atomic E-state index is 13.0. The van der Waals surface area contributed by atoms with Gasteiger partial charge in [-0.2, -0.15) is 0 Å². The third kappa shape index (κ3) is 1.30. The Labute approximate surface area is 83.6 Å². The van der Waals surface area contributed by atoms with Crippen molar-refractivity contribution in [2.45, 2.75) is 31.0 Å². The number of carboxylic acids is 1. The molecule has 3 atom stereocenters. The predicted octanol–water partition coefficient (Wildman–Crippen LogP) is -0.296. The van der Waals surface area contributed by atoms with E-state index in [1.807, 2.05) is 0 Å². The lowest BCUT2D eigenvalue weighted by Gasteiger charge is -2.30. The van der Waals surface area contributed by atoms with Gasteiger partial charge in [0.25, 0.3) is 5.92 Å². The van der Waals surface area contributed by atoms with Crippen LogP contribution >= 0.6 is 0 Å². The second-order valence-corrected chi connectivity index (χ2v) is 3.65. The lowest BCUT2D eigenvalue weighted by Crippen LogP contribution is -2.52. The second-order valence-electron chi connectivity index (χ2n) is 3.65. The quantitative estimate of drug-likeness (QED) is 0.660. The maximum atomic E-state index is 13.0. The third-order valence-electron chi connectivity index (χ3n) is 2.67. The van der Waals surface area contributed by atoms with Gasteiger partial charge in [0.1, 0.15) is 12.1 Å². The number of alkyl halides is 2. The Kier molecular flexibility index (Phi) is 1.97. The first-order valence-corrected chi connectivity index (χ1v) is 4.38. The van der Waals surface area contributed by atoms with Gasteiger partial charge in [-0.3, -0.25) is 4.79 Å². The summed E-state index contributed by atoms with van der Waals surface area (Å²) in [5, 5.41) is 8.75. The van der Waals surface area contributed by atoms with Gasteiger partial charge >= 0.3 is 5.97 Å². The van der Waals surface area contributed by atoms with Crippen LogP contribution in [0.5, 0.6) is 0 Å². The highest BCUT2D eigenvalue weighted by Crippen LogP contribution is 2.51. The Balaban J connectivity index is 2.25. The molecule has 84 valence electrons. The molecule has 0 aromatic rings. The summed E-state index contributed by atoms with van der Waals surface area (Å²) in [6.07, 6.45) is -1.34. The first-order chi connectivity index (χ1) is 6.87. The number of amides is 1. The molecule has 15 heavy (non-hydrogen) atoms. The lowest BCUT2D eigenvalue weighted by atomic mass is 10.2. The minimum Gasteiger partial charge on any atom is -0.480 e. The maximum Gasteiger partial charge on any atom is 0.328 e. The molecule has 0 bridgehead atoms. The fourth-order valence-corrected chi connectivity index (χ4v) is 1.89. The zero-order valence-electron chi connectivity index (χ0n) is 7.81. The van der Waals surface area contributed by atoms with Crippen molar-refractivity contribution in [2.24, 2.45) is 0 Å². The molecule has 1 heterocycles. The number of fused-ring (bicyclic) bond motifs is 1. The van der Waals surface area contributed by atoms with E-state index in [4.69, 9.17) is 9.84 Å². The van der Waals surface area contributed by atoms with Crippen LogP contribution in [0, 0.1) is 0 Å². The molecule has 1 N–H and O–H groups in total. The van der Waals surface area contributed by atoms with Crippen LogP contribution in [-0.2, 0) is 14.3 Å². The molecular formula is C8H9F2NO4. The van der Waals surface area contributed by atoms with Gasteiger partial charge in [0.05, 0.1) is 6.61 Å². The number of carbonyl (C=O) groups is 2. The van der Waals surface area contributed by atoms with E-state index < -0.39 is 36.0 Å². The number of carboxylic acid groups (broad SMARTS) is 1. The molecule has 1 saturated heterocycles. The summed E-state index contributed by atoms with van der Waals surface area (Å²) in [7, 11) is 0.